The minimum absolute atomic E-state index is 0.00111. The summed E-state index contributed by atoms with van der Waals surface area (Å²) in [6, 6.07) is -2.97. The van der Waals surface area contributed by atoms with Crippen LogP contribution in [-0.4, -0.2) is 94.1 Å². The topological polar surface area (TPSA) is 180 Å². The van der Waals surface area contributed by atoms with Crippen LogP contribution in [0.4, 0.5) is 4.79 Å². The second-order valence-electron chi connectivity index (χ2n) is 15.2. The van der Waals surface area contributed by atoms with E-state index in [0.29, 0.717) is 19.4 Å². The number of ketones is 1. The summed E-state index contributed by atoms with van der Waals surface area (Å²) in [5.74, 6) is -3.81. The summed E-state index contributed by atoms with van der Waals surface area (Å²) in [6.45, 7) is 15.7. The van der Waals surface area contributed by atoms with Gasteiger partial charge in [-0.2, -0.15) is 0 Å². The van der Waals surface area contributed by atoms with Gasteiger partial charge in [-0.15, -0.1) is 0 Å². The third-order valence-corrected chi connectivity index (χ3v) is 8.49. The molecule has 47 heavy (non-hydrogen) atoms. The number of Topliss-reactive ketones (excluding diaryl/α,β-unsaturated/α-hetero) is 1. The Kier molecular flexibility index (Phi) is 14.7. The van der Waals surface area contributed by atoms with Gasteiger partial charge in [0.2, 0.25) is 17.6 Å². The van der Waals surface area contributed by atoms with E-state index in [1.165, 1.54) is 4.90 Å². The molecule has 0 aromatic rings. The van der Waals surface area contributed by atoms with Crippen LogP contribution in [0.2, 0.25) is 0 Å². The molecule has 0 bridgehead atoms. The Morgan fingerprint density at radius 2 is 1.47 bits per heavy atom. The highest BCUT2D eigenvalue weighted by molar-refractivity contribution is 6.38. The van der Waals surface area contributed by atoms with Crippen LogP contribution in [0.1, 0.15) is 114 Å². The zero-order valence-corrected chi connectivity index (χ0v) is 29.8. The van der Waals surface area contributed by atoms with Gasteiger partial charge in [-0.1, -0.05) is 46.5 Å². The number of hydrogen-bond acceptors (Lipinski definition) is 9. The molecular weight excluding hydrogens is 608 g/mol. The van der Waals surface area contributed by atoms with Gasteiger partial charge in [0.05, 0.1) is 12.6 Å². The molecule has 5 atom stereocenters. The van der Waals surface area contributed by atoms with Crippen molar-refractivity contribution in [3.63, 3.8) is 0 Å². The normalized spacial score (nSPS) is 21.0. The Morgan fingerprint density at radius 1 is 0.872 bits per heavy atom. The highest BCUT2D eigenvalue weighted by Gasteiger charge is 2.45. The molecule has 4 N–H and O–H groups in total. The van der Waals surface area contributed by atoms with E-state index in [1.54, 1.807) is 48.5 Å². The van der Waals surface area contributed by atoms with Crippen LogP contribution in [0.25, 0.3) is 0 Å². The number of nitrogens with one attached hydrogen (secondary N) is 3. The first-order valence-electron chi connectivity index (χ1n) is 17.1. The van der Waals surface area contributed by atoms with Crippen LogP contribution in [-0.2, 0) is 33.4 Å². The summed E-state index contributed by atoms with van der Waals surface area (Å²) in [7, 11) is 0. The maximum atomic E-state index is 14.3. The number of alkyl carbamates (subject to hydrolysis) is 1. The van der Waals surface area contributed by atoms with Crippen LogP contribution in [0.3, 0.4) is 0 Å². The fourth-order valence-corrected chi connectivity index (χ4v) is 6.02. The van der Waals surface area contributed by atoms with Gasteiger partial charge in [0.25, 0.3) is 5.91 Å². The minimum atomic E-state index is -1.68. The maximum absolute atomic E-state index is 14.3. The van der Waals surface area contributed by atoms with Crippen molar-refractivity contribution >= 4 is 35.6 Å². The Labute approximate surface area is 279 Å². The highest BCUT2D eigenvalue weighted by Crippen LogP contribution is 2.33. The summed E-state index contributed by atoms with van der Waals surface area (Å²) in [5.41, 5.74) is -1.61. The van der Waals surface area contributed by atoms with E-state index in [4.69, 9.17) is 9.47 Å². The number of nitrogens with zero attached hydrogens (tertiary/aromatic N) is 1. The van der Waals surface area contributed by atoms with Crippen molar-refractivity contribution < 1.29 is 43.3 Å². The van der Waals surface area contributed by atoms with Gasteiger partial charge in [0.1, 0.15) is 23.3 Å². The number of rotatable bonds is 13. The number of likely N-dealkylation sites (tertiary alicyclic amines) is 1. The summed E-state index contributed by atoms with van der Waals surface area (Å²) >= 11 is 0. The number of esters is 1. The van der Waals surface area contributed by atoms with Crippen molar-refractivity contribution in [1.82, 2.24) is 20.9 Å². The molecule has 0 aromatic heterocycles. The van der Waals surface area contributed by atoms with Crippen LogP contribution in [0, 0.1) is 17.8 Å². The van der Waals surface area contributed by atoms with Crippen LogP contribution in [0.15, 0.2) is 0 Å². The predicted octanol–water partition coefficient (Wildman–Crippen LogP) is 3.01. The number of hydrogen-bond donors (Lipinski definition) is 4. The van der Waals surface area contributed by atoms with E-state index in [-0.39, 0.29) is 30.1 Å². The first-order chi connectivity index (χ1) is 21.7. The number of carbonyl (C=O) groups is 6. The van der Waals surface area contributed by atoms with E-state index in [9.17, 15) is 33.9 Å². The first-order valence-corrected chi connectivity index (χ1v) is 17.1. The summed E-state index contributed by atoms with van der Waals surface area (Å²) in [6.07, 6.45) is 3.05. The van der Waals surface area contributed by atoms with Gasteiger partial charge in [-0.3, -0.25) is 19.2 Å². The van der Waals surface area contributed by atoms with Crippen molar-refractivity contribution in [2.45, 2.75) is 149 Å². The number of amides is 4. The average Bonchev–Trinajstić information content (AvgIpc) is 3.42. The van der Waals surface area contributed by atoms with E-state index < -0.39 is 71.6 Å². The van der Waals surface area contributed by atoms with Crippen molar-refractivity contribution in [3.05, 3.63) is 0 Å². The van der Waals surface area contributed by atoms with Crippen molar-refractivity contribution in [2.75, 3.05) is 13.1 Å². The molecule has 0 aromatic carbocycles. The first kappa shape index (κ1) is 40.0. The number of ether oxygens (including phenoxy) is 2. The van der Waals surface area contributed by atoms with Crippen LogP contribution in [0.5, 0.6) is 0 Å². The number of aliphatic hydroxyl groups is 1. The predicted molar refractivity (Wildman–Crippen MR) is 175 cm³/mol. The van der Waals surface area contributed by atoms with Gasteiger partial charge < -0.3 is 35.4 Å². The smallest absolute Gasteiger partial charge is 0.408 e. The quantitative estimate of drug-likeness (QED) is 0.170. The standard InChI is InChI=1S/C34H58N4O9/c1-10-14-23(27(40)29(42)35-18-25(39)31(44)46-33(4,5)6)36-28(41)24-17-22(20(2)3)19-38(24)30(43)26(21-15-12-11-13-16-21)37-32(45)47-34(7,8)9/h20-26,39H,10-19H2,1-9H3,(H,35,42)(H,36,41)(H,37,45)/t22-,23?,24+,25?,26+/m1/s1. The Bertz CT molecular complexity index is 1120. The fraction of sp³-hybridized carbons (Fsp3) is 0.824. The lowest BCUT2D eigenvalue weighted by Crippen LogP contribution is -2.58. The molecular formula is C34H58N4O9. The molecule has 2 rings (SSSR count). The SMILES string of the molecule is CCCC(NC(=O)[C@@H]1C[C@@H](C(C)C)CN1C(=O)[C@@H](NC(=O)OC(C)(C)C)C1CCCCC1)C(=O)C(=O)NCC(O)C(=O)OC(C)(C)C. The van der Waals surface area contributed by atoms with E-state index in [1.807, 2.05) is 13.8 Å². The lowest BCUT2D eigenvalue weighted by molar-refractivity contribution is -0.164. The van der Waals surface area contributed by atoms with Gasteiger partial charge in [-0.25, -0.2) is 9.59 Å². The van der Waals surface area contributed by atoms with Gasteiger partial charge >= 0.3 is 12.1 Å². The molecule has 2 aliphatic rings. The summed E-state index contributed by atoms with van der Waals surface area (Å²) < 4.78 is 10.6. The lowest BCUT2D eigenvalue weighted by atomic mass is 9.83. The second-order valence-corrected chi connectivity index (χ2v) is 15.2. The van der Waals surface area contributed by atoms with E-state index >= 15 is 0 Å². The second kappa shape index (κ2) is 17.3. The number of aliphatic hydroxyl groups excluding tert-OH is 1. The molecule has 2 fully saturated rings. The third-order valence-electron chi connectivity index (χ3n) is 8.49. The van der Waals surface area contributed by atoms with Gasteiger partial charge in [-0.05, 0) is 85.0 Å². The van der Waals surface area contributed by atoms with Crippen LogP contribution >= 0.6 is 0 Å². The van der Waals surface area contributed by atoms with Crippen molar-refractivity contribution in [2.24, 2.45) is 17.8 Å². The Balaban J connectivity index is 2.23. The maximum Gasteiger partial charge on any atom is 0.408 e. The summed E-state index contributed by atoms with van der Waals surface area (Å²) in [5, 5.41) is 17.9. The largest absolute Gasteiger partial charge is 0.458 e. The molecule has 1 aliphatic carbocycles. The minimum Gasteiger partial charge on any atom is -0.458 e. The molecule has 13 heteroatoms. The monoisotopic (exact) mass is 666 g/mol. The van der Waals surface area contributed by atoms with Crippen molar-refractivity contribution in [3.8, 4) is 0 Å². The fourth-order valence-electron chi connectivity index (χ4n) is 6.02. The molecule has 1 heterocycles. The van der Waals surface area contributed by atoms with Gasteiger partial charge in [0, 0.05) is 6.54 Å². The molecule has 13 nitrogen and oxygen atoms in total. The zero-order chi connectivity index (χ0) is 35.7. The van der Waals surface area contributed by atoms with Crippen LogP contribution < -0.4 is 16.0 Å². The highest BCUT2D eigenvalue weighted by atomic mass is 16.6. The van der Waals surface area contributed by atoms with E-state index in [2.05, 4.69) is 16.0 Å². The third kappa shape index (κ3) is 12.7. The molecule has 2 unspecified atom stereocenters. The zero-order valence-electron chi connectivity index (χ0n) is 29.8. The van der Waals surface area contributed by atoms with E-state index in [0.717, 1.165) is 32.1 Å². The summed E-state index contributed by atoms with van der Waals surface area (Å²) in [4.78, 5) is 80.5. The molecule has 1 saturated heterocycles. The molecule has 1 saturated carbocycles. The molecule has 268 valence electrons. The Hall–Kier alpha value is -3.22. The van der Waals surface area contributed by atoms with Crippen molar-refractivity contribution in [1.29, 1.82) is 0 Å². The van der Waals surface area contributed by atoms with Gasteiger partial charge in [0.15, 0.2) is 6.10 Å². The number of carbonyl (C=O) groups excluding carboxylic acids is 6. The average molecular weight is 667 g/mol. The molecule has 0 radical (unpaired) electrons. The molecule has 1 aliphatic heterocycles. The Morgan fingerprint density at radius 3 is 2.00 bits per heavy atom. The lowest BCUT2D eigenvalue weighted by Gasteiger charge is -2.35. The molecule has 0 spiro atoms. The molecule has 4 amide bonds.